The molecule has 20 heavy (non-hydrogen) atoms. The van der Waals surface area contributed by atoms with E-state index in [0.717, 1.165) is 19.4 Å². The summed E-state index contributed by atoms with van der Waals surface area (Å²) >= 11 is 0. The van der Waals surface area contributed by atoms with Crippen molar-refractivity contribution >= 4 is 5.97 Å². The number of carbonyl (C=O) groups is 1. The molecule has 0 spiro atoms. The predicted molar refractivity (Wildman–Crippen MR) is 80.8 cm³/mol. The minimum atomic E-state index is -0.207. The second-order valence-electron chi connectivity index (χ2n) is 5.42. The van der Waals surface area contributed by atoms with Gasteiger partial charge in [-0.1, -0.05) is 31.5 Å². The Hall–Kier alpha value is -1.35. The van der Waals surface area contributed by atoms with E-state index >= 15 is 0 Å². The fraction of sp³-hybridized carbons (Fsp3) is 0.588. The van der Waals surface area contributed by atoms with Crippen LogP contribution in [0.4, 0.5) is 0 Å². The number of rotatable bonds is 6. The van der Waals surface area contributed by atoms with Gasteiger partial charge in [0.05, 0.1) is 12.2 Å². The van der Waals surface area contributed by atoms with E-state index in [0.29, 0.717) is 18.2 Å². The van der Waals surface area contributed by atoms with E-state index in [1.807, 2.05) is 18.2 Å². The number of likely N-dealkylation sites (tertiary alicyclic amines) is 1. The summed E-state index contributed by atoms with van der Waals surface area (Å²) in [5.74, 6) is -0.207. The smallest absolute Gasteiger partial charge is 0.338 e. The molecule has 2 rings (SSSR count). The van der Waals surface area contributed by atoms with Crippen LogP contribution in [0.5, 0.6) is 0 Å². The number of hydrogen-bond donors (Lipinski definition) is 0. The number of piperidine rings is 1. The highest BCUT2D eigenvalue weighted by molar-refractivity contribution is 5.89. The van der Waals surface area contributed by atoms with Crippen LogP contribution in [0.2, 0.25) is 0 Å². The zero-order valence-electron chi connectivity index (χ0n) is 12.4. The Morgan fingerprint density at radius 3 is 2.85 bits per heavy atom. The molecular weight excluding hydrogens is 250 g/mol. The Morgan fingerprint density at radius 2 is 2.10 bits per heavy atom. The average molecular weight is 275 g/mol. The largest absolute Gasteiger partial charge is 0.462 e. The maximum atomic E-state index is 11.8. The van der Waals surface area contributed by atoms with Crippen LogP contribution in [0.25, 0.3) is 0 Å². The molecule has 0 amide bonds. The van der Waals surface area contributed by atoms with Gasteiger partial charge in [-0.15, -0.1) is 0 Å². The standard InChI is InChI=1S/C17H25NO2/c1-2-18-13-7-6-11-16(18)12-8-14-20-17(19)15-9-4-3-5-10-15/h3-5,9-10,16H,2,6-8,11-14H2,1H3. The number of hydrogen-bond acceptors (Lipinski definition) is 3. The summed E-state index contributed by atoms with van der Waals surface area (Å²) in [7, 11) is 0. The Morgan fingerprint density at radius 1 is 1.30 bits per heavy atom. The van der Waals surface area contributed by atoms with Crippen LogP contribution < -0.4 is 0 Å². The van der Waals surface area contributed by atoms with Crippen LogP contribution in [0.3, 0.4) is 0 Å². The highest BCUT2D eigenvalue weighted by Gasteiger charge is 2.20. The molecule has 1 unspecified atom stereocenters. The molecule has 3 nitrogen and oxygen atoms in total. The fourth-order valence-electron chi connectivity index (χ4n) is 2.94. The van der Waals surface area contributed by atoms with Crippen molar-refractivity contribution in [2.45, 2.75) is 45.1 Å². The van der Waals surface area contributed by atoms with Crippen molar-refractivity contribution in [2.75, 3.05) is 19.7 Å². The number of ether oxygens (including phenoxy) is 1. The molecule has 0 aliphatic carbocycles. The lowest BCUT2D eigenvalue weighted by Crippen LogP contribution is -2.39. The minimum Gasteiger partial charge on any atom is -0.462 e. The molecular formula is C17H25NO2. The molecule has 1 aromatic carbocycles. The lowest BCUT2D eigenvalue weighted by molar-refractivity contribution is 0.0480. The summed E-state index contributed by atoms with van der Waals surface area (Å²) in [6, 6.07) is 9.89. The quantitative estimate of drug-likeness (QED) is 0.588. The SMILES string of the molecule is CCN1CCCCC1CCCOC(=O)c1ccccc1. The van der Waals surface area contributed by atoms with Gasteiger partial charge in [0.2, 0.25) is 0 Å². The van der Waals surface area contributed by atoms with Gasteiger partial charge in [0, 0.05) is 6.04 Å². The molecule has 1 fully saturated rings. The summed E-state index contributed by atoms with van der Waals surface area (Å²) in [5.41, 5.74) is 0.639. The van der Waals surface area contributed by atoms with Crippen LogP contribution in [0, 0.1) is 0 Å². The molecule has 1 aromatic rings. The Balaban J connectivity index is 1.67. The molecule has 0 N–H and O–H groups in total. The van der Waals surface area contributed by atoms with E-state index in [9.17, 15) is 4.79 Å². The third kappa shape index (κ3) is 4.34. The molecule has 1 atom stereocenters. The van der Waals surface area contributed by atoms with Crippen molar-refractivity contribution < 1.29 is 9.53 Å². The molecule has 0 radical (unpaired) electrons. The first-order chi connectivity index (χ1) is 9.81. The van der Waals surface area contributed by atoms with Crippen molar-refractivity contribution in [3.8, 4) is 0 Å². The maximum absolute atomic E-state index is 11.8. The topological polar surface area (TPSA) is 29.5 Å². The molecule has 0 saturated carbocycles. The normalized spacial score (nSPS) is 19.8. The number of benzene rings is 1. The fourth-order valence-corrected chi connectivity index (χ4v) is 2.94. The molecule has 1 aliphatic rings. The molecule has 0 bridgehead atoms. The number of carbonyl (C=O) groups excluding carboxylic acids is 1. The molecule has 1 aliphatic heterocycles. The first-order valence-corrected chi connectivity index (χ1v) is 7.77. The maximum Gasteiger partial charge on any atom is 0.338 e. The minimum absolute atomic E-state index is 0.207. The van der Waals surface area contributed by atoms with Gasteiger partial charge in [-0.2, -0.15) is 0 Å². The molecule has 0 aromatic heterocycles. The third-order valence-electron chi connectivity index (χ3n) is 4.08. The van der Waals surface area contributed by atoms with Crippen LogP contribution in [0.1, 0.15) is 49.4 Å². The Labute approximate surface area is 121 Å². The van der Waals surface area contributed by atoms with Gasteiger partial charge in [-0.25, -0.2) is 4.79 Å². The Bertz CT molecular complexity index is 405. The van der Waals surface area contributed by atoms with Crippen molar-refractivity contribution in [1.82, 2.24) is 4.90 Å². The highest BCUT2D eigenvalue weighted by Crippen LogP contribution is 2.20. The van der Waals surface area contributed by atoms with Gasteiger partial charge < -0.3 is 9.64 Å². The van der Waals surface area contributed by atoms with Crippen molar-refractivity contribution in [1.29, 1.82) is 0 Å². The molecule has 110 valence electrons. The van der Waals surface area contributed by atoms with Crippen LogP contribution in [-0.2, 0) is 4.74 Å². The lowest BCUT2D eigenvalue weighted by atomic mass is 9.98. The van der Waals surface area contributed by atoms with E-state index < -0.39 is 0 Å². The molecule has 1 heterocycles. The van der Waals surface area contributed by atoms with E-state index in [4.69, 9.17) is 4.74 Å². The molecule has 3 heteroatoms. The summed E-state index contributed by atoms with van der Waals surface area (Å²) in [6.45, 7) is 5.12. The van der Waals surface area contributed by atoms with E-state index in [-0.39, 0.29) is 5.97 Å². The predicted octanol–water partition coefficient (Wildman–Crippen LogP) is 3.50. The van der Waals surface area contributed by atoms with Gasteiger partial charge in [0.15, 0.2) is 0 Å². The number of nitrogens with zero attached hydrogens (tertiary/aromatic N) is 1. The van der Waals surface area contributed by atoms with Crippen molar-refractivity contribution in [3.05, 3.63) is 35.9 Å². The second-order valence-corrected chi connectivity index (χ2v) is 5.42. The van der Waals surface area contributed by atoms with Gasteiger partial charge >= 0.3 is 5.97 Å². The summed E-state index contributed by atoms with van der Waals surface area (Å²) < 4.78 is 5.33. The average Bonchev–Trinajstić information content (AvgIpc) is 2.52. The summed E-state index contributed by atoms with van der Waals surface area (Å²) in [5, 5.41) is 0. The Kier molecular flexibility index (Phi) is 6.06. The second kappa shape index (κ2) is 8.05. The van der Waals surface area contributed by atoms with Crippen molar-refractivity contribution in [2.24, 2.45) is 0 Å². The zero-order chi connectivity index (χ0) is 14.2. The van der Waals surface area contributed by atoms with E-state index in [2.05, 4.69) is 11.8 Å². The first kappa shape index (κ1) is 15.0. The summed E-state index contributed by atoms with van der Waals surface area (Å²) in [4.78, 5) is 14.3. The van der Waals surface area contributed by atoms with Crippen molar-refractivity contribution in [3.63, 3.8) is 0 Å². The van der Waals surface area contributed by atoms with Gasteiger partial charge in [-0.05, 0) is 50.9 Å². The summed E-state index contributed by atoms with van der Waals surface area (Å²) in [6.07, 6.45) is 6.05. The zero-order valence-corrected chi connectivity index (χ0v) is 12.4. The molecule has 1 saturated heterocycles. The highest BCUT2D eigenvalue weighted by atomic mass is 16.5. The first-order valence-electron chi connectivity index (χ1n) is 7.77. The van der Waals surface area contributed by atoms with Crippen LogP contribution in [-0.4, -0.2) is 36.6 Å². The number of esters is 1. The van der Waals surface area contributed by atoms with Crippen LogP contribution >= 0.6 is 0 Å². The van der Waals surface area contributed by atoms with Gasteiger partial charge in [-0.3, -0.25) is 0 Å². The lowest BCUT2D eigenvalue weighted by Gasteiger charge is -2.34. The van der Waals surface area contributed by atoms with Crippen LogP contribution in [0.15, 0.2) is 30.3 Å². The monoisotopic (exact) mass is 275 g/mol. The van der Waals surface area contributed by atoms with Gasteiger partial charge in [0.25, 0.3) is 0 Å². The van der Waals surface area contributed by atoms with Gasteiger partial charge in [0.1, 0.15) is 0 Å². The van der Waals surface area contributed by atoms with E-state index in [1.54, 1.807) is 12.1 Å². The third-order valence-corrected chi connectivity index (χ3v) is 4.08. The van der Waals surface area contributed by atoms with E-state index in [1.165, 1.54) is 25.8 Å².